The van der Waals surface area contributed by atoms with Crippen molar-refractivity contribution < 1.29 is 4.42 Å². The zero-order chi connectivity index (χ0) is 11.8. The second-order valence-corrected chi connectivity index (χ2v) is 4.11. The Labute approximate surface area is 102 Å². The van der Waals surface area contributed by atoms with Gasteiger partial charge in [0.25, 0.3) is 0 Å². The molecule has 1 aromatic heterocycles. The third-order valence-electron chi connectivity index (χ3n) is 2.61. The van der Waals surface area contributed by atoms with Crippen LogP contribution in [0.25, 0.3) is 22.2 Å². The van der Waals surface area contributed by atoms with Crippen LogP contribution in [0.4, 0.5) is 0 Å². The molecule has 0 bridgehead atoms. The topological polar surface area (TPSA) is 46.0 Å². The Bertz CT molecular complexity index is 742. The first-order valence-corrected chi connectivity index (χ1v) is 5.49. The zero-order valence-electron chi connectivity index (χ0n) is 8.74. The summed E-state index contributed by atoms with van der Waals surface area (Å²) < 4.78 is 5.02. The Hall–Kier alpha value is -2.00. The van der Waals surface area contributed by atoms with Crippen molar-refractivity contribution >= 4 is 22.7 Å². The Morgan fingerprint density at radius 3 is 2.76 bits per heavy atom. The summed E-state index contributed by atoms with van der Waals surface area (Å²) in [7, 11) is 0. The zero-order valence-corrected chi connectivity index (χ0v) is 9.49. The van der Waals surface area contributed by atoms with Gasteiger partial charge < -0.3 is 4.42 Å². The maximum absolute atomic E-state index is 11.1. The maximum atomic E-state index is 11.1. The third kappa shape index (κ3) is 1.74. The first kappa shape index (κ1) is 10.2. The molecule has 0 aliphatic rings. The molecule has 1 N–H and O–H groups in total. The van der Waals surface area contributed by atoms with Gasteiger partial charge in [-0.2, -0.15) is 0 Å². The van der Waals surface area contributed by atoms with Crippen LogP contribution in [0.1, 0.15) is 0 Å². The number of hydrogen-bond donors (Lipinski definition) is 1. The smallest absolute Gasteiger partial charge is 0.408 e. The minimum atomic E-state index is -0.448. The first-order chi connectivity index (χ1) is 8.24. The summed E-state index contributed by atoms with van der Waals surface area (Å²) in [5, 5.41) is 0.671. The van der Waals surface area contributed by atoms with Gasteiger partial charge in [-0.1, -0.05) is 35.9 Å². The average Bonchev–Trinajstić information content (AvgIpc) is 2.68. The van der Waals surface area contributed by atoms with E-state index in [-0.39, 0.29) is 0 Å². The summed E-state index contributed by atoms with van der Waals surface area (Å²) in [4.78, 5) is 13.7. The van der Waals surface area contributed by atoms with Crippen LogP contribution in [0.2, 0.25) is 5.02 Å². The normalized spacial score (nSPS) is 10.9. The highest BCUT2D eigenvalue weighted by Gasteiger charge is 2.06. The predicted octanol–water partition coefficient (Wildman–Crippen LogP) is 3.44. The molecular formula is C13H8ClNO2. The number of H-pyrrole nitrogens is 1. The highest BCUT2D eigenvalue weighted by atomic mass is 35.5. The first-order valence-electron chi connectivity index (χ1n) is 5.12. The molecule has 3 aromatic rings. The number of benzene rings is 2. The van der Waals surface area contributed by atoms with Crippen molar-refractivity contribution in [2.24, 2.45) is 0 Å². The van der Waals surface area contributed by atoms with E-state index in [1.165, 1.54) is 0 Å². The van der Waals surface area contributed by atoms with E-state index in [2.05, 4.69) is 4.98 Å². The van der Waals surface area contributed by atoms with Crippen molar-refractivity contribution in [3.05, 3.63) is 58.0 Å². The number of halogens is 1. The quantitative estimate of drug-likeness (QED) is 0.714. The molecule has 2 aromatic carbocycles. The van der Waals surface area contributed by atoms with Crippen molar-refractivity contribution in [1.29, 1.82) is 0 Å². The molecule has 0 saturated carbocycles. The van der Waals surface area contributed by atoms with E-state index >= 15 is 0 Å². The molecule has 0 fully saturated rings. The molecule has 0 aliphatic carbocycles. The van der Waals surface area contributed by atoms with Gasteiger partial charge in [-0.15, -0.1) is 0 Å². The Balaban J connectivity index is 2.24. The number of aromatic amines is 1. The van der Waals surface area contributed by atoms with Gasteiger partial charge in [0.05, 0.1) is 5.52 Å². The Morgan fingerprint density at radius 2 is 1.94 bits per heavy atom. The third-order valence-corrected chi connectivity index (χ3v) is 2.94. The van der Waals surface area contributed by atoms with Crippen LogP contribution in [0, 0.1) is 0 Å². The number of fused-ring (bicyclic) bond motifs is 1. The van der Waals surface area contributed by atoms with Gasteiger partial charge in [0, 0.05) is 10.6 Å². The van der Waals surface area contributed by atoms with E-state index < -0.39 is 5.76 Å². The highest BCUT2D eigenvalue weighted by Crippen LogP contribution is 2.29. The summed E-state index contributed by atoms with van der Waals surface area (Å²) in [6, 6.07) is 13.0. The van der Waals surface area contributed by atoms with Crippen molar-refractivity contribution in [3.8, 4) is 11.1 Å². The summed E-state index contributed by atoms with van der Waals surface area (Å²) in [5.74, 6) is -0.448. The fraction of sp³-hybridized carbons (Fsp3) is 0. The molecule has 0 radical (unpaired) electrons. The molecule has 0 atom stereocenters. The van der Waals surface area contributed by atoms with Gasteiger partial charge >= 0.3 is 5.76 Å². The molecule has 3 nitrogen and oxygen atoms in total. The van der Waals surface area contributed by atoms with E-state index in [9.17, 15) is 4.79 Å². The lowest BCUT2D eigenvalue weighted by Crippen LogP contribution is -1.92. The minimum Gasteiger partial charge on any atom is -0.408 e. The SMILES string of the molecule is O=c1[nH]c2ccc(-c3ccccc3Cl)cc2o1. The van der Waals surface area contributed by atoms with Gasteiger partial charge in [0.1, 0.15) is 0 Å². The van der Waals surface area contributed by atoms with Crippen molar-refractivity contribution in [3.63, 3.8) is 0 Å². The van der Waals surface area contributed by atoms with E-state index in [1.807, 2.05) is 30.3 Å². The Morgan fingerprint density at radius 1 is 1.12 bits per heavy atom. The van der Waals surface area contributed by atoms with Crippen LogP contribution in [0.3, 0.4) is 0 Å². The van der Waals surface area contributed by atoms with Gasteiger partial charge in [0.2, 0.25) is 0 Å². The monoisotopic (exact) mass is 245 g/mol. The average molecular weight is 246 g/mol. The molecule has 0 spiro atoms. The molecular weight excluding hydrogens is 238 g/mol. The highest BCUT2D eigenvalue weighted by molar-refractivity contribution is 6.33. The lowest BCUT2D eigenvalue weighted by molar-refractivity contribution is 0.555. The standard InChI is InChI=1S/C13H8ClNO2/c14-10-4-2-1-3-9(10)8-5-6-11-12(7-8)17-13(16)15-11/h1-7H,(H,15,16). The second-order valence-electron chi connectivity index (χ2n) is 3.71. The van der Waals surface area contributed by atoms with E-state index in [1.54, 1.807) is 12.1 Å². The van der Waals surface area contributed by atoms with Crippen molar-refractivity contribution in [2.75, 3.05) is 0 Å². The van der Waals surface area contributed by atoms with E-state index in [0.29, 0.717) is 16.1 Å². The number of oxazole rings is 1. The fourth-order valence-electron chi connectivity index (χ4n) is 1.81. The lowest BCUT2D eigenvalue weighted by atomic mass is 10.1. The van der Waals surface area contributed by atoms with Crippen molar-refractivity contribution in [2.45, 2.75) is 0 Å². The molecule has 0 unspecified atom stereocenters. The second kappa shape index (κ2) is 3.79. The number of hydrogen-bond acceptors (Lipinski definition) is 2. The van der Waals surface area contributed by atoms with Gasteiger partial charge in [-0.05, 0) is 23.8 Å². The predicted molar refractivity (Wildman–Crippen MR) is 67.3 cm³/mol. The fourth-order valence-corrected chi connectivity index (χ4v) is 2.05. The molecule has 4 heteroatoms. The number of aromatic nitrogens is 1. The van der Waals surface area contributed by atoms with Gasteiger partial charge in [0.15, 0.2) is 5.58 Å². The molecule has 84 valence electrons. The molecule has 0 saturated heterocycles. The van der Waals surface area contributed by atoms with Crippen LogP contribution in [-0.2, 0) is 0 Å². The van der Waals surface area contributed by atoms with E-state index in [4.69, 9.17) is 16.0 Å². The summed E-state index contributed by atoms with van der Waals surface area (Å²) in [6.07, 6.45) is 0. The molecule has 0 aliphatic heterocycles. The minimum absolute atomic E-state index is 0.448. The van der Waals surface area contributed by atoms with Gasteiger partial charge in [-0.3, -0.25) is 4.98 Å². The van der Waals surface area contributed by atoms with Crippen LogP contribution in [0.5, 0.6) is 0 Å². The summed E-state index contributed by atoms with van der Waals surface area (Å²) >= 11 is 6.11. The number of nitrogens with one attached hydrogen (secondary N) is 1. The summed E-state index contributed by atoms with van der Waals surface area (Å²) in [5.41, 5.74) is 3.06. The molecule has 3 rings (SSSR count). The van der Waals surface area contributed by atoms with E-state index in [0.717, 1.165) is 11.1 Å². The van der Waals surface area contributed by atoms with Crippen LogP contribution in [-0.4, -0.2) is 4.98 Å². The molecule has 17 heavy (non-hydrogen) atoms. The largest absolute Gasteiger partial charge is 0.417 e. The van der Waals surface area contributed by atoms with Crippen molar-refractivity contribution in [1.82, 2.24) is 4.98 Å². The van der Waals surface area contributed by atoms with Crippen LogP contribution >= 0.6 is 11.6 Å². The van der Waals surface area contributed by atoms with Crippen LogP contribution in [0.15, 0.2) is 51.7 Å². The molecule has 0 amide bonds. The number of rotatable bonds is 1. The molecule has 1 heterocycles. The lowest BCUT2D eigenvalue weighted by Gasteiger charge is -2.03. The summed E-state index contributed by atoms with van der Waals surface area (Å²) in [6.45, 7) is 0. The van der Waals surface area contributed by atoms with Gasteiger partial charge in [-0.25, -0.2) is 4.79 Å². The van der Waals surface area contributed by atoms with Crippen LogP contribution < -0.4 is 5.76 Å². The maximum Gasteiger partial charge on any atom is 0.417 e. The Kier molecular flexibility index (Phi) is 2.27.